The number of furan rings is 1. The van der Waals surface area contributed by atoms with E-state index >= 15 is 0 Å². The van der Waals surface area contributed by atoms with Gasteiger partial charge in [-0.15, -0.1) is 0 Å². The maximum atomic E-state index is 12.8. The van der Waals surface area contributed by atoms with Crippen molar-refractivity contribution in [3.63, 3.8) is 0 Å². The number of likely N-dealkylation sites (tertiary alicyclic amines) is 1. The van der Waals surface area contributed by atoms with Crippen LogP contribution in [0.25, 0.3) is 11.0 Å². The average Bonchev–Trinajstić information content (AvgIpc) is 3.13. The molecule has 1 aromatic carbocycles. The van der Waals surface area contributed by atoms with Crippen LogP contribution in [0.3, 0.4) is 0 Å². The second-order valence-corrected chi connectivity index (χ2v) is 8.40. The number of rotatable bonds is 4. The molecule has 0 aliphatic carbocycles. The minimum Gasteiger partial charge on any atom is -0.463 e. The van der Waals surface area contributed by atoms with Crippen LogP contribution in [0.2, 0.25) is 0 Å². The molecule has 1 saturated heterocycles. The zero-order chi connectivity index (χ0) is 19.7. The highest BCUT2D eigenvalue weighted by Gasteiger charge is 2.26. The number of aromatic nitrogens is 1. The summed E-state index contributed by atoms with van der Waals surface area (Å²) in [4.78, 5) is 19.4. The molecule has 3 aromatic rings. The van der Waals surface area contributed by atoms with Crippen LogP contribution in [0.5, 0.6) is 0 Å². The molecule has 28 heavy (non-hydrogen) atoms. The second kappa shape index (κ2) is 8.05. The lowest BCUT2D eigenvalue weighted by molar-refractivity contribution is 0.0896. The van der Waals surface area contributed by atoms with Crippen molar-refractivity contribution in [2.75, 3.05) is 13.1 Å². The van der Waals surface area contributed by atoms with Gasteiger partial charge in [-0.05, 0) is 62.1 Å². The first-order valence-corrected chi connectivity index (χ1v) is 10.4. The standard InChI is InChI=1S/C22H24BrN3O2/c1-14-11-17(23)12-19-20(13-28-21(14)19)22(27)25-18-5-9-26(10-6-18)15(2)16-3-7-24-8-4-16/h3-4,7-8,11-13,15,18H,5-6,9-10H2,1-2H3,(H,25,27). The summed E-state index contributed by atoms with van der Waals surface area (Å²) < 4.78 is 6.60. The number of hydrogen-bond acceptors (Lipinski definition) is 4. The first-order valence-electron chi connectivity index (χ1n) is 9.65. The molecule has 0 saturated carbocycles. The fraction of sp³-hybridized carbons (Fsp3) is 0.364. The Kier molecular flexibility index (Phi) is 5.51. The summed E-state index contributed by atoms with van der Waals surface area (Å²) in [7, 11) is 0. The highest BCUT2D eigenvalue weighted by Crippen LogP contribution is 2.29. The largest absolute Gasteiger partial charge is 0.463 e. The lowest BCUT2D eigenvalue weighted by Gasteiger charge is -2.36. The SMILES string of the molecule is Cc1cc(Br)cc2c(C(=O)NC3CCN(C(C)c4ccncc4)CC3)coc12. The number of carbonyl (C=O) groups excluding carboxylic acids is 1. The predicted octanol–water partition coefficient (Wildman–Crippen LogP) is 4.85. The van der Waals surface area contributed by atoms with Crippen LogP contribution in [-0.2, 0) is 0 Å². The summed E-state index contributed by atoms with van der Waals surface area (Å²) in [5.74, 6) is -0.0584. The monoisotopic (exact) mass is 441 g/mol. The molecule has 0 spiro atoms. The smallest absolute Gasteiger partial charge is 0.255 e. The summed E-state index contributed by atoms with van der Waals surface area (Å²) in [6, 6.07) is 8.63. The van der Waals surface area contributed by atoms with Crippen molar-refractivity contribution in [1.29, 1.82) is 0 Å². The van der Waals surface area contributed by atoms with Crippen LogP contribution in [0.1, 0.15) is 47.3 Å². The van der Waals surface area contributed by atoms with Crippen molar-refractivity contribution in [3.05, 3.63) is 64.1 Å². The normalized spacial score (nSPS) is 17.0. The van der Waals surface area contributed by atoms with Crippen molar-refractivity contribution in [1.82, 2.24) is 15.2 Å². The van der Waals surface area contributed by atoms with E-state index in [1.165, 1.54) is 5.56 Å². The van der Waals surface area contributed by atoms with Gasteiger partial charge in [-0.3, -0.25) is 14.7 Å². The number of benzene rings is 1. The summed E-state index contributed by atoms with van der Waals surface area (Å²) in [5, 5.41) is 4.06. The Bertz CT molecular complexity index is 978. The number of pyridine rings is 1. The van der Waals surface area contributed by atoms with Gasteiger partial charge in [-0.2, -0.15) is 0 Å². The minimum absolute atomic E-state index is 0.0584. The molecule has 5 nitrogen and oxygen atoms in total. The lowest BCUT2D eigenvalue weighted by atomic mass is 10.00. The number of hydrogen-bond donors (Lipinski definition) is 1. The number of amides is 1. The molecular weight excluding hydrogens is 418 g/mol. The van der Waals surface area contributed by atoms with E-state index in [9.17, 15) is 4.79 Å². The number of aryl methyl sites for hydroxylation is 1. The number of fused-ring (bicyclic) bond motifs is 1. The Morgan fingerprint density at radius 3 is 2.71 bits per heavy atom. The molecule has 6 heteroatoms. The first kappa shape index (κ1) is 19.2. The van der Waals surface area contributed by atoms with Gasteiger partial charge < -0.3 is 9.73 Å². The van der Waals surface area contributed by atoms with Crippen LogP contribution in [-0.4, -0.2) is 34.9 Å². The molecule has 1 amide bonds. The second-order valence-electron chi connectivity index (χ2n) is 7.49. The van der Waals surface area contributed by atoms with E-state index in [2.05, 4.69) is 50.2 Å². The lowest BCUT2D eigenvalue weighted by Crippen LogP contribution is -2.45. The fourth-order valence-corrected chi connectivity index (χ4v) is 4.56. The average molecular weight is 442 g/mol. The highest BCUT2D eigenvalue weighted by molar-refractivity contribution is 9.10. The van der Waals surface area contributed by atoms with Gasteiger partial charge in [0.05, 0.1) is 5.56 Å². The van der Waals surface area contributed by atoms with Gasteiger partial charge in [0, 0.05) is 47.4 Å². The first-order chi connectivity index (χ1) is 13.5. The summed E-state index contributed by atoms with van der Waals surface area (Å²) in [5.41, 5.74) is 3.67. The van der Waals surface area contributed by atoms with E-state index in [1.54, 1.807) is 6.26 Å². The third kappa shape index (κ3) is 3.84. The molecule has 146 valence electrons. The molecule has 2 aromatic heterocycles. The predicted molar refractivity (Wildman–Crippen MR) is 113 cm³/mol. The molecule has 0 radical (unpaired) electrons. The van der Waals surface area contributed by atoms with Crippen LogP contribution >= 0.6 is 15.9 Å². The maximum absolute atomic E-state index is 12.8. The molecule has 0 bridgehead atoms. The van der Waals surface area contributed by atoms with Gasteiger partial charge >= 0.3 is 0 Å². The summed E-state index contributed by atoms with van der Waals surface area (Å²) in [6.07, 6.45) is 7.14. The molecular formula is C22H24BrN3O2. The molecule has 1 N–H and O–H groups in total. The topological polar surface area (TPSA) is 58.4 Å². The van der Waals surface area contributed by atoms with E-state index < -0.39 is 0 Å². The van der Waals surface area contributed by atoms with Gasteiger partial charge in [0.25, 0.3) is 5.91 Å². The van der Waals surface area contributed by atoms with Crippen molar-refractivity contribution in [2.24, 2.45) is 0 Å². The van der Waals surface area contributed by atoms with E-state index in [-0.39, 0.29) is 11.9 Å². The van der Waals surface area contributed by atoms with Crippen molar-refractivity contribution >= 4 is 32.8 Å². The molecule has 1 aliphatic rings. The quantitative estimate of drug-likeness (QED) is 0.628. The van der Waals surface area contributed by atoms with Crippen LogP contribution < -0.4 is 5.32 Å². The Labute approximate surface area is 173 Å². The van der Waals surface area contributed by atoms with Crippen molar-refractivity contribution in [2.45, 2.75) is 38.8 Å². The van der Waals surface area contributed by atoms with Gasteiger partial charge in [-0.25, -0.2) is 0 Å². The third-order valence-corrected chi connectivity index (χ3v) is 6.13. The van der Waals surface area contributed by atoms with Gasteiger partial charge in [0.1, 0.15) is 11.8 Å². The molecule has 3 heterocycles. The minimum atomic E-state index is -0.0584. The Hall–Kier alpha value is -2.18. The maximum Gasteiger partial charge on any atom is 0.255 e. The Balaban J connectivity index is 1.39. The van der Waals surface area contributed by atoms with E-state index in [4.69, 9.17) is 4.42 Å². The zero-order valence-corrected chi connectivity index (χ0v) is 17.7. The van der Waals surface area contributed by atoms with Crippen LogP contribution in [0, 0.1) is 6.92 Å². The van der Waals surface area contributed by atoms with Crippen molar-refractivity contribution in [3.8, 4) is 0 Å². The van der Waals surface area contributed by atoms with Crippen LogP contribution in [0.4, 0.5) is 0 Å². The third-order valence-electron chi connectivity index (χ3n) is 5.67. The molecule has 4 rings (SSSR count). The number of piperidine rings is 1. The van der Waals surface area contributed by atoms with E-state index in [0.29, 0.717) is 11.6 Å². The summed E-state index contributed by atoms with van der Waals surface area (Å²) >= 11 is 3.51. The van der Waals surface area contributed by atoms with E-state index in [0.717, 1.165) is 46.9 Å². The Morgan fingerprint density at radius 1 is 1.29 bits per heavy atom. The highest BCUT2D eigenvalue weighted by atomic mass is 79.9. The Morgan fingerprint density at radius 2 is 2.00 bits per heavy atom. The zero-order valence-electron chi connectivity index (χ0n) is 16.1. The molecule has 1 unspecified atom stereocenters. The number of carbonyl (C=O) groups is 1. The molecule has 1 aliphatic heterocycles. The number of halogens is 1. The van der Waals surface area contributed by atoms with Gasteiger partial charge in [0.2, 0.25) is 0 Å². The van der Waals surface area contributed by atoms with Gasteiger partial charge in [-0.1, -0.05) is 15.9 Å². The van der Waals surface area contributed by atoms with E-state index in [1.807, 2.05) is 31.5 Å². The fourth-order valence-electron chi connectivity index (χ4n) is 3.99. The van der Waals surface area contributed by atoms with Crippen LogP contribution in [0.15, 0.2) is 51.8 Å². The number of nitrogens with one attached hydrogen (secondary N) is 1. The number of nitrogens with zero attached hydrogens (tertiary/aromatic N) is 2. The summed E-state index contributed by atoms with van der Waals surface area (Å²) in [6.45, 7) is 6.14. The van der Waals surface area contributed by atoms with Gasteiger partial charge in [0.15, 0.2) is 0 Å². The molecule has 1 fully saturated rings. The molecule has 1 atom stereocenters. The van der Waals surface area contributed by atoms with Crippen molar-refractivity contribution < 1.29 is 9.21 Å².